The molecule has 1 N–H and O–H groups in total. The average molecular weight is 253 g/mol. The monoisotopic (exact) mass is 253 g/mol. The predicted molar refractivity (Wildman–Crippen MR) is 68.1 cm³/mol. The van der Waals surface area contributed by atoms with E-state index in [0.717, 1.165) is 13.0 Å². The van der Waals surface area contributed by atoms with Crippen LogP contribution in [-0.4, -0.2) is 36.2 Å². The van der Waals surface area contributed by atoms with Crippen molar-refractivity contribution >= 4 is 0 Å². The molecule has 0 aromatic heterocycles. The van der Waals surface area contributed by atoms with Gasteiger partial charge in [0.25, 0.3) is 0 Å². The van der Waals surface area contributed by atoms with E-state index in [9.17, 15) is 4.39 Å². The predicted octanol–water partition coefficient (Wildman–Crippen LogP) is 2.18. The highest BCUT2D eigenvalue weighted by atomic mass is 19.1. The van der Waals surface area contributed by atoms with Gasteiger partial charge in [-0.05, 0) is 38.4 Å². The lowest BCUT2D eigenvalue weighted by atomic mass is 10.2. The molecule has 1 saturated heterocycles. The number of halogens is 1. The maximum atomic E-state index is 13.5. The van der Waals surface area contributed by atoms with Crippen LogP contribution in [-0.2, 0) is 6.61 Å². The van der Waals surface area contributed by atoms with Crippen molar-refractivity contribution in [2.45, 2.75) is 25.9 Å². The maximum absolute atomic E-state index is 13.5. The van der Waals surface area contributed by atoms with E-state index >= 15 is 0 Å². The molecule has 1 heterocycles. The van der Waals surface area contributed by atoms with Gasteiger partial charge < -0.3 is 14.7 Å². The molecule has 0 radical (unpaired) electrons. The molecule has 1 fully saturated rings. The number of para-hydroxylation sites is 1. The molecule has 18 heavy (non-hydrogen) atoms. The van der Waals surface area contributed by atoms with E-state index in [2.05, 4.69) is 4.90 Å². The number of hydrogen-bond acceptors (Lipinski definition) is 3. The summed E-state index contributed by atoms with van der Waals surface area (Å²) in [4.78, 5) is 2.40. The van der Waals surface area contributed by atoms with Crippen LogP contribution in [0, 0.1) is 5.82 Å². The number of rotatable bonds is 6. The van der Waals surface area contributed by atoms with Gasteiger partial charge in [-0.25, -0.2) is 4.39 Å². The van der Waals surface area contributed by atoms with Crippen LogP contribution >= 0.6 is 0 Å². The molecule has 0 atom stereocenters. The molecular formula is C14H20FNO2. The zero-order valence-corrected chi connectivity index (χ0v) is 10.6. The van der Waals surface area contributed by atoms with Gasteiger partial charge in [0.1, 0.15) is 0 Å². The molecule has 0 saturated carbocycles. The lowest BCUT2D eigenvalue weighted by Gasteiger charge is -2.15. The Morgan fingerprint density at radius 2 is 2.06 bits per heavy atom. The summed E-state index contributed by atoms with van der Waals surface area (Å²) in [6, 6.07) is 4.62. The Kier molecular flexibility index (Phi) is 4.96. The molecule has 1 aromatic carbocycles. The van der Waals surface area contributed by atoms with Crippen molar-refractivity contribution in [1.29, 1.82) is 0 Å². The Hall–Kier alpha value is -1.13. The van der Waals surface area contributed by atoms with Gasteiger partial charge in [0.05, 0.1) is 13.2 Å². The first-order valence-electron chi connectivity index (χ1n) is 6.54. The Balaban J connectivity index is 1.78. The van der Waals surface area contributed by atoms with Gasteiger partial charge in [0, 0.05) is 12.1 Å². The van der Waals surface area contributed by atoms with Crippen LogP contribution in [0.2, 0.25) is 0 Å². The minimum absolute atomic E-state index is 0.195. The largest absolute Gasteiger partial charge is 0.490 e. The number of nitrogens with zero attached hydrogens (tertiary/aromatic N) is 1. The number of aliphatic hydroxyl groups excluding tert-OH is 1. The smallest absolute Gasteiger partial charge is 0.165 e. The van der Waals surface area contributed by atoms with Crippen LogP contribution in [0.3, 0.4) is 0 Å². The van der Waals surface area contributed by atoms with Crippen LogP contribution in [0.4, 0.5) is 4.39 Å². The summed E-state index contributed by atoms with van der Waals surface area (Å²) in [5, 5.41) is 9.12. The van der Waals surface area contributed by atoms with Crippen molar-refractivity contribution in [1.82, 2.24) is 4.90 Å². The lowest BCUT2D eigenvalue weighted by Crippen LogP contribution is -2.22. The molecule has 4 heteroatoms. The molecular weight excluding hydrogens is 233 g/mol. The highest BCUT2D eigenvalue weighted by molar-refractivity contribution is 5.34. The van der Waals surface area contributed by atoms with Crippen molar-refractivity contribution in [2.24, 2.45) is 0 Å². The molecule has 0 spiro atoms. The molecule has 1 aliphatic heterocycles. The zero-order chi connectivity index (χ0) is 12.8. The Bertz CT molecular complexity index is 378. The molecule has 0 bridgehead atoms. The van der Waals surface area contributed by atoms with Gasteiger partial charge in [-0.15, -0.1) is 0 Å². The van der Waals surface area contributed by atoms with Gasteiger partial charge in [0.2, 0.25) is 0 Å². The van der Waals surface area contributed by atoms with E-state index in [1.54, 1.807) is 12.1 Å². The lowest BCUT2D eigenvalue weighted by molar-refractivity contribution is 0.239. The molecule has 0 aliphatic carbocycles. The maximum Gasteiger partial charge on any atom is 0.165 e. The fourth-order valence-corrected chi connectivity index (χ4v) is 2.31. The third-order valence-electron chi connectivity index (χ3n) is 3.28. The average Bonchev–Trinajstić information content (AvgIpc) is 2.89. The fourth-order valence-electron chi connectivity index (χ4n) is 2.31. The summed E-state index contributed by atoms with van der Waals surface area (Å²) in [6.45, 7) is 3.63. The van der Waals surface area contributed by atoms with Gasteiger partial charge in [-0.3, -0.25) is 0 Å². The first-order valence-corrected chi connectivity index (χ1v) is 6.54. The van der Waals surface area contributed by atoms with Crippen molar-refractivity contribution in [2.75, 3.05) is 26.2 Å². The number of hydrogen-bond donors (Lipinski definition) is 1. The fraction of sp³-hybridized carbons (Fsp3) is 0.571. The summed E-state index contributed by atoms with van der Waals surface area (Å²) in [7, 11) is 0. The van der Waals surface area contributed by atoms with E-state index in [1.807, 2.05) is 0 Å². The van der Waals surface area contributed by atoms with Crippen molar-refractivity contribution in [3.05, 3.63) is 29.6 Å². The number of ether oxygens (including phenoxy) is 1. The highest BCUT2D eigenvalue weighted by Crippen LogP contribution is 2.22. The van der Waals surface area contributed by atoms with E-state index < -0.39 is 5.82 Å². The van der Waals surface area contributed by atoms with Crippen molar-refractivity contribution in [3.8, 4) is 5.75 Å². The van der Waals surface area contributed by atoms with Gasteiger partial charge in [0.15, 0.2) is 11.6 Å². The van der Waals surface area contributed by atoms with Crippen LogP contribution in [0.5, 0.6) is 5.75 Å². The molecule has 1 aromatic rings. The second kappa shape index (κ2) is 6.71. The van der Waals surface area contributed by atoms with E-state index in [4.69, 9.17) is 9.84 Å². The first-order chi connectivity index (χ1) is 8.81. The summed E-state index contributed by atoms with van der Waals surface area (Å²) < 4.78 is 19.0. The zero-order valence-electron chi connectivity index (χ0n) is 10.6. The molecule has 3 nitrogen and oxygen atoms in total. The number of benzene rings is 1. The number of likely N-dealkylation sites (tertiary alicyclic amines) is 1. The van der Waals surface area contributed by atoms with Crippen molar-refractivity contribution in [3.63, 3.8) is 0 Å². The summed E-state index contributed by atoms with van der Waals surface area (Å²) in [5.41, 5.74) is 0.510. The Morgan fingerprint density at radius 1 is 1.28 bits per heavy atom. The standard InChI is InChI=1S/C14H20FNO2/c15-13-6-3-5-12(11-17)14(13)18-10-4-9-16-7-1-2-8-16/h3,5-6,17H,1-2,4,7-11H2. The normalized spacial score (nSPS) is 16.1. The number of aliphatic hydroxyl groups is 1. The van der Waals surface area contributed by atoms with Gasteiger partial charge in [-0.2, -0.15) is 0 Å². The molecule has 0 unspecified atom stereocenters. The third-order valence-corrected chi connectivity index (χ3v) is 3.28. The van der Waals surface area contributed by atoms with E-state index in [0.29, 0.717) is 12.2 Å². The summed E-state index contributed by atoms with van der Waals surface area (Å²) in [6.07, 6.45) is 3.45. The second-order valence-electron chi connectivity index (χ2n) is 4.64. The van der Waals surface area contributed by atoms with Crippen molar-refractivity contribution < 1.29 is 14.2 Å². The topological polar surface area (TPSA) is 32.7 Å². The Morgan fingerprint density at radius 3 is 2.78 bits per heavy atom. The van der Waals surface area contributed by atoms with Gasteiger partial charge in [-0.1, -0.05) is 12.1 Å². The van der Waals surface area contributed by atoms with Crippen LogP contribution < -0.4 is 4.74 Å². The molecule has 2 rings (SSSR count). The molecule has 1 aliphatic rings. The van der Waals surface area contributed by atoms with E-state index in [1.165, 1.54) is 32.0 Å². The van der Waals surface area contributed by atoms with Crippen LogP contribution in [0.15, 0.2) is 18.2 Å². The highest BCUT2D eigenvalue weighted by Gasteiger charge is 2.12. The summed E-state index contributed by atoms with van der Waals surface area (Å²) >= 11 is 0. The second-order valence-corrected chi connectivity index (χ2v) is 4.64. The minimum atomic E-state index is -0.400. The first kappa shape index (κ1) is 13.3. The van der Waals surface area contributed by atoms with Crippen LogP contribution in [0.25, 0.3) is 0 Å². The van der Waals surface area contributed by atoms with Gasteiger partial charge >= 0.3 is 0 Å². The minimum Gasteiger partial charge on any atom is -0.490 e. The quantitative estimate of drug-likeness (QED) is 0.789. The third kappa shape index (κ3) is 3.43. The SMILES string of the molecule is OCc1cccc(F)c1OCCCN1CCCC1. The Labute approximate surface area is 107 Å². The summed E-state index contributed by atoms with van der Waals surface area (Å²) in [5.74, 6) is -0.204. The van der Waals surface area contributed by atoms with E-state index in [-0.39, 0.29) is 12.4 Å². The molecule has 0 amide bonds. The van der Waals surface area contributed by atoms with Crippen LogP contribution in [0.1, 0.15) is 24.8 Å². The molecule has 100 valence electrons.